The first-order valence-electron chi connectivity index (χ1n) is 6.06. The Morgan fingerprint density at radius 1 is 1.62 bits per heavy atom. The van der Waals surface area contributed by atoms with Gasteiger partial charge in [-0.15, -0.1) is 0 Å². The third-order valence-corrected chi connectivity index (χ3v) is 2.93. The number of amides is 1. The highest BCUT2D eigenvalue weighted by Gasteiger charge is 2.29. The van der Waals surface area contributed by atoms with Crippen molar-refractivity contribution in [2.45, 2.75) is 32.4 Å². The molecule has 2 unspecified atom stereocenters. The van der Waals surface area contributed by atoms with Crippen molar-refractivity contribution in [1.29, 1.82) is 0 Å². The second-order valence-corrected chi connectivity index (χ2v) is 4.02. The summed E-state index contributed by atoms with van der Waals surface area (Å²) in [6.45, 7) is 7.51. The van der Waals surface area contributed by atoms with E-state index in [0.717, 1.165) is 26.1 Å². The maximum Gasteiger partial charge on any atom is 0.237 e. The predicted molar refractivity (Wildman–Crippen MR) is 63.1 cm³/mol. The van der Waals surface area contributed by atoms with E-state index in [1.165, 1.54) is 0 Å². The number of carbonyl (C=O) groups is 1. The number of piperazine rings is 1. The molecule has 0 aromatic rings. The molecule has 16 heavy (non-hydrogen) atoms. The van der Waals surface area contributed by atoms with Gasteiger partial charge in [-0.2, -0.15) is 0 Å². The number of hydrogen-bond acceptors (Lipinski definition) is 4. The molecule has 5 nitrogen and oxygen atoms in total. The Balaban J connectivity index is 2.52. The van der Waals surface area contributed by atoms with Crippen LogP contribution in [0.3, 0.4) is 0 Å². The molecular formula is C11H23N3O2. The van der Waals surface area contributed by atoms with Crippen LogP contribution in [0.4, 0.5) is 0 Å². The van der Waals surface area contributed by atoms with Crippen molar-refractivity contribution < 1.29 is 9.53 Å². The maximum atomic E-state index is 11.6. The number of nitrogens with one attached hydrogen (secondary N) is 1. The minimum absolute atomic E-state index is 0.0248. The number of hydrogen-bond donors (Lipinski definition) is 2. The molecule has 1 aliphatic heterocycles. The Morgan fingerprint density at radius 2 is 2.38 bits per heavy atom. The molecule has 0 spiro atoms. The van der Waals surface area contributed by atoms with Crippen molar-refractivity contribution in [1.82, 2.24) is 10.2 Å². The molecule has 94 valence electrons. The normalized spacial score (nSPS) is 24.2. The second kappa shape index (κ2) is 6.83. The van der Waals surface area contributed by atoms with Gasteiger partial charge < -0.3 is 15.8 Å². The largest absolute Gasteiger partial charge is 0.376 e. The molecule has 0 radical (unpaired) electrons. The van der Waals surface area contributed by atoms with Gasteiger partial charge in [-0.25, -0.2) is 0 Å². The molecule has 1 fully saturated rings. The van der Waals surface area contributed by atoms with Crippen LogP contribution in [-0.4, -0.2) is 55.7 Å². The molecule has 1 saturated heterocycles. The summed E-state index contributed by atoms with van der Waals surface area (Å²) in [5.74, 6) is 0.126. The van der Waals surface area contributed by atoms with Gasteiger partial charge in [0.05, 0.1) is 12.1 Å². The van der Waals surface area contributed by atoms with Crippen molar-refractivity contribution in [3.63, 3.8) is 0 Å². The Hall–Kier alpha value is -0.650. The summed E-state index contributed by atoms with van der Waals surface area (Å²) in [7, 11) is 0. The van der Waals surface area contributed by atoms with E-state index in [0.29, 0.717) is 13.2 Å². The third-order valence-electron chi connectivity index (χ3n) is 2.93. The van der Waals surface area contributed by atoms with E-state index in [2.05, 4.69) is 10.2 Å². The number of rotatable bonds is 6. The summed E-state index contributed by atoms with van der Waals surface area (Å²) >= 11 is 0. The Kier molecular flexibility index (Phi) is 5.73. The first kappa shape index (κ1) is 13.4. The fourth-order valence-electron chi connectivity index (χ4n) is 2.12. The molecule has 1 amide bonds. The molecular weight excluding hydrogens is 206 g/mol. The number of nitrogens with two attached hydrogens (primary N) is 1. The van der Waals surface area contributed by atoms with E-state index in [-0.39, 0.29) is 18.1 Å². The summed E-state index contributed by atoms with van der Waals surface area (Å²) in [4.78, 5) is 13.8. The van der Waals surface area contributed by atoms with Crippen LogP contribution in [-0.2, 0) is 9.53 Å². The van der Waals surface area contributed by atoms with Crippen LogP contribution in [0.1, 0.15) is 20.3 Å². The Labute approximate surface area is 97.3 Å². The topological polar surface area (TPSA) is 67.6 Å². The lowest BCUT2D eigenvalue weighted by Gasteiger charge is -2.36. The van der Waals surface area contributed by atoms with Crippen LogP contribution in [0.15, 0.2) is 0 Å². The zero-order valence-corrected chi connectivity index (χ0v) is 10.2. The summed E-state index contributed by atoms with van der Waals surface area (Å²) in [5, 5.41) is 2.88. The predicted octanol–water partition coefficient (Wildman–Crippen LogP) is -0.439. The lowest BCUT2D eigenvalue weighted by Crippen LogP contribution is -2.57. The van der Waals surface area contributed by atoms with Gasteiger partial charge in [-0.05, 0) is 13.3 Å². The lowest BCUT2D eigenvalue weighted by atomic mass is 10.1. The van der Waals surface area contributed by atoms with Gasteiger partial charge in [0.2, 0.25) is 5.91 Å². The molecule has 0 aliphatic carbocycles. The van der Waals surface area contributed by atoms with E-state index in [4.69, 9.17) is 10.5 Å². The average molecular weight is 229 g/mol. The summed E-state index contributed by atoms with van der Waals surface area (Å²) in [6, 6.07) is -0.0248. The summed E-state index contributed by atoms with van der Waals surface area (Å²) < 4.78 is 5.52. The van der Waals surface area contributed by atoms with Crippen molar-refractivity contribution in [2.24, 2.45) is 5.73 Å². The number of nitrogens with zero attached hydrogens (tertiary/aromatic N) is 1. The molecule has 1 heterocycles. The van der Waals surface area contributed by atoms with Gasteiger partial charge in [0.25, 0.3) is 0 Å². The lowest BCUT2D eigenvalue weighted by molar-refractivity contribution is -0.130. The standard InChI is InChI=1S/C11H23N3O2/c1-3-10-11(15)13-5-6-14(10)8-9(7-12)16-4-2/h9-10H,3-8,12H2,1-2H3,(H,13,15). The fraction of sp³-hybridized carbons (Fsp3) is 0.909. The monoisotopic (exact) mass is 229 g/mol. The molecule has 5 heteroatoms. The van der Waals surface area contributed by atoms with Crippen LogP contribution in [0.25, 0.3) is 0 Å². The number of carbonyl (C=O) groups excluding carboxylic acids is 1. The van der Waals surface area contributed by atoms with Crippen molar-refractivity contribution >= 4 is 5.91 Å². The quantitative estimate of drug-likeness (QED) is 0.648. The van der Waals surface area contributed by atoms with Gasteiger partial charge in [-0.1, -0.05) is 6.92 Å². The zero-order valence-electron chi connectivity index (χ0n) is 10.2. The van der Waals surface area contributed by atoms with Gasteiger partial charge in [0.1, 0.15) is 0 Å². The van der Waals surface area contributed by atoms with E-state index < -0.39 is 0 Å². The fourth-order valence-corrected chi connectivity index (χ4v) is 2.12. The minimum atomic E-state index is -0.0248. The SMILES string of the molecule is CCOC(CN)CN1CCNC(=O)C1CC. The smallest absolute Gasteiger partial charge is 0.237 e. The van der Waals surface area contributed by atoms with E-state index in [1.54, 1.807) is 0 Å². The maximum absolute atomic E-state index is 11.6. The Morgan fingerprint density at radius 3 is 2.94 bits per heavy atom. The third kappa shape index (κ3) is 3.43. The molecule has 2 atom stereocenters. The van der Waals surface area contributed by atoms with Gasteiger partial charge in [0, 0.05) is 32.8 Å². The highest BCUT2D eigenvalue weighted by molar-refractivity contribution is 5.82. The molecule has 0 saturated carbocycles. The average Bonchev–Trinajstić information content (AvgIpc) is 2.28. The van der Waals surface area contributed by atoms with Gasteiger partial charge >= 0.3 is 0 Å². The van der Waals surface area contributed by atoms with Gasteiger partial charge in [-0.3, -0.25) is 9.69 Å². The number of ether oxygens (including phenoxy) is 1. The highest BCUT2D eigenvalue weighted by atomic mass is 16.5. The molecule has 0 aromatic heterocycles. The van der Waals surface area contributed by atoms with Crippen LogP contribution >= 0.6 is 0 Å². The molecule has 1 rings (SSSR count). The van der Waals surface area contributed by atoms with Crippen LogP contribution in [0, 0.1) is 0 Å². The summed E-state index contributed by atoms with van der Waals surface area (Å²) in [5.41, 5.74) is 5.65. The first-order valence-corrected chi connectivity index (χ1v) is 6.06. The molecule has 3 N–H and O–H groups in total. The van der Waals surface area contributed by atoms with Crippen LogP contribution in [0.5, 0.6) is 0 Å². The molecule has 0 bridgehead atoms. The van der Waals surface area contributed by atoms with Crippen molar-refractivity contribution in [2.75, 3.05) is 32.8 Å². The molecule has 1 aliphatic rings. The second-order valence-electron chi connectivity index (χ2n) is 4.02. The molecule has 0 aromatic carbocycles. The Bertz CT molecular complexity index is 223. The highest BCUT2D eigenvalue weighted by Crippen LogP contribution is 2.09. The van der Waals surface area contributed by atoms with Gasteiger partial charge in [0.15, 0.2) is 0 Å². The zero-order chi connectivity index (χ0) is 12.0. The van der Waals surface area contributed by atoms with Crippen LogP contribution < -0.4 is 11.1 Å². The van der Waals surface area contributed by atoms with Crippen molar-refractivity contribution in [3.05, 3.63) is 0 Å². The minimum Gasteiger partial charge on any atom is -0.376 e. The summed E-state index contributed by atoms with van der Waals surface area (Å²) in [6.07, 6.45) is 0.861. The van der Waals surface area contributed by atoms with E-state index >= 15 is 0 Å². The van der Waals surface area contributed by atoms with Crippen LogP contribution in [0.2, 0.25) is 0 Å². The first-order chi connectivity index (χ1) is 7.72. The van der Waals surface area contributed by atoms with E-state index in [1.807, 2.05) is 13.8 Å². The van der Waals surface area contributed by atoms with Crippen molar-refractivity contribution in [3.8, 4) is 0 Å². The van der Waals surface area contributed by atoms with E-state index in [9.17, 15) is 4.79 Å².